The van der Waals surface area contributed by atoms with Crippen molar-refractivity contribution >= 4 is 51.8 Å². The number of Topliss-reactive ketones (excluding diaryl/α,β-unsaturated/α-hetero) is 1. The number of carbonyl (C=O) groups excluding carboxylic acids is 1. The summed E-state index contributed by atoms with van der Waals surface area (Å²) < 4.78 is 8.39. The van der Waals surface area contributed by atoms with Crippen molar-refractivity contribution in [3.8, 4) is 0 Å². The molecule has 0 unspecified atom stereocenters. The van der Waals surface area contributed by atoms with Crippen LogP contribution in [-0.2, 0) is 11.2 Å². The molecule has 0 aliphatic heterocycles. The number of rotatable bonds is 7. The highest BCUT2D eigenvalue weighted by atomic mass is 32.2. The minimum Gasteiger partial charge on any atom is -0.478 e. The minimum atomic E-state index is -1.15. The number of ketones is 1. The van der Waals surface area contributed by atoms with Crippen molar-refractivity contribution in [1.82, 2.24) is 8.75 Å². The van der Waals surface area contributed by atoms with E-state index in [-0.39, 0.29) is 23.4 Å². The van der Waals surface area contributed by atoms with Crippen molar-refractivity contribution in [2.45, 2.75) is 11.3 Å². The van der Waals surface area contributed by atoms with Crippen LogP contribution in [0.1, 0.15) is 21.5 Å². The molecule has 154 valence electrons. The molecule has 0 amide bonds. The van der Waals surface area contributed by atoms with Gasteiger partial charge in [0.1, 0.15) is 11.0 Å². The van der Waals surface area contributed by atoms with Gasteiger partial charge in [0.05, 0.1) is 17.3 Å². The molecular formula is C24H18N2O3S2. The number of fused-ring (bicyclic) bond motifs is 1. The number of hydrogen-bond acceptors (Lipinski definition) is 6. The van der Waals surface area contributed by atoms with E-state index in [4.69, 9.17) is 0 Å². The van der Waals surface area contributed by atoms with Gasteiger partial charge in [0.15, 0.2) is 5.78 Å². The third-order valence-corrected chi connectivity index (χ3v) is 6.21. The Morgan fingerprint density at radius 1 is 0.903 bits per heavy atom. The second-order valence-corrected chi connectivity index (χ2v) is 8.25. The highest BCUT2D eigenvalue weighted by Crippen LogP contribution is 2.28. The largest absolute Gasteiger partial charge is 0.478 e. The lowest BCUT2D eigenvalue weighted by molar-refractivity contribution is -0.130. The van der Waals surface area contributed by atoms with Crippen LogP contribution in [-0.4, -0.2) is 31.9 Å². The number of carbonyl (C=O) groups is 2. The maximum atomic E-state index is 13.5. The van der Waals surface area contributed by atoms with Crippen molar-refractivity contribution in [3.63, 3.8) is 0 Å². The van der Waals surface area contributed by atoms with Gasteiger partial charge in [-0.1, -0.05) is 36.4 Å². The van der Waals surface area contributed by atoms with Crippen molar-refractivity contribution in [3.05, 3.63) is 95.1 Å². The minimum absolute atomic E-state index is 0.0160. The van der Waals surface area contributed by atoms with E-state index in [9.17, 15) is 14.7 Å². The summed E-state index contributed by atoms with van der Waals surface area (Å²) >= 11 is 2.65. The predicted molar refractivity (Wildman–Crippen MR) is 125 cm³/mol. The SMILES string of the molecule is CSc1ccc(C(=O)C(Cc2ccccc2)=C(C(=O)O)c2ccc3nsnc3c2)cc1. The molecule has 0 radical (unpaired) electrons. The van der Waals surface area contributed by atoms with Gasteiger partial charge in [-0.15, -0.1) is 11.8 Å². The van der Waals surface area contributed by atoms with Crippen LogP contribution < -0.4 is 0 Å². The van der Waals surface area contributed by atoms with Gasteiger partial charge >= 0.3 is 5.97 Å². The molecule has 1 aromatic heterocycles. The average Bonchev–Trinajstić information content (AvgIpc) is 3.27. The molecule has 0 aliphatic carbocycles. The summed E-state index contributed by atoms with van der Waals surface area (Å²) in [5.41, 5.74) is 3.28. The standard InChI is InChI=1S/C24H18N2O3S2/c1-30-18-10-7-16(8-11-18)23(27)19(13-15-5-3-2-4-6-15)22(24(28)29)17-9-12-20-21(14-17)26-31-25-20/h2-12,14H,13H2,1H3,(H,28,29). The molecule has 4 aromatic rings. The summed E-state index contributed by atoms with van der Waals surface area (Å²) in [4.78, 5) is 27.0. The van der Waals surface area contributed by atoms with Crippen molar-refractivity contribution in [2.75, 3.05) is 6.26 Å². The number of allylic oxidation sites excluding steroid dienone is 1. The Bertz CT molecular complexity index is 1280. The maximum absolute atomic E-state index is 13.5. The first kappa shape index (κ1) is 21.0. The Morgan fingerprint density at radius 3 is 2.26 bits per heavy atom. The van der Waals surface area contributed by atoms with E-state index >= 15 is 0 Å². The quantitative estimate of drug-likeness (QED) is 0.233. The first-order chi connectivity index (χ1) is 15.1. The normalized spacial score (nSPS) is 11.9. The van der Waals surface area contributed by atoms with E-state index in [1.807, 2.05) is 48.7 Å². The monoisotopic (exact) mass is 446 g/mol. The van der Waals surface area contributed by atoms with E-state index in [0.29, 0.717) is 22.2 Å². The Hall–Kier alpha value is -3.29. The van der Waals surface area contributed by atoms with Gasteiger partial charge in [0.25, 0.3) is 0 Å². The van der Waals surface area contributed by atoms with Crippen LogP contribution in [0.25, 0.3) is 16.6 Å². The third-order valence-electron chi connectivity index (χ3n) is 4.91. The molecule has 0 fully saturated rings. The molecule has 31 heavy (non-hydrogen) atoms. The van der Waals surface area contributed by atoms with E-state index in [1.165, 1.54) is 0 Å². The average molecular weight is 447 g/mol. The van der Waals surface area contributed by atoms with Crippen molar-refractivity contribution in [1.29, 1.82) is 0 Å². The lowest BCUT2D eigenvalue weighted by Gasteiger charge is -2.13. The summed E-state index contributed by atoms with van der Waals surface area (Å²) in [6.07, 6.45) is 2.17. The van der Waals surface area contributed by atoms with Crippen LogP contribution in [0, 0.1) is 0 Å². The second kappa shape index (κ2) is 9.24. The zero-order valence-electron chi connectivity index (χ0n) is 16.6. The highest BCUT2D eigenvalue weighted by molar-refractivity contribution is 7.98. The number of aromatic nitrogens is 2. The summed E-state index contributed by atoms with van der Waals surface area (Å²) in [6.45, 7) is 0. The summed E-state index contributed by atoms with van der Waals surface area (Å²) in [5, 5.41) is 10.1. The Morgan fingerprint density at radius 2 is 1.58 bits per heavy atom. The van der Waals surface area contributed by atoms with Crippen LogP contribution in [0.2, 0.25) is 0 Å². The smallest absolute Gasteiger partial charge is 0.336 e. The topological polar surface area (TPSA) is 80.2 Å². The summed E-state index contributed by atoms with van der Waals surface area (Å²) in [5.74, 6) is -1.45. The van der Waals surface area contributed by atoms with Crippen LogP contribution >= 0.6 is 23.5 Å². The van der Waals surface area contributed by atoms with Gasteiger partial charge < -0.3 is 5.11 Å². The molecule has 0 atom stereocenters. The zero-order chi connectivity index (χ0) is 21.8. The fraction of sp³-hybridized carbons (Fsp3) is 0.0833. The fourth-order valence-electron chi connectivity index (χ4n) is 3.36. The van der Waals surface area contributed by atoms with Gasteiger partial charge in [-0.3, -0.25) is 4.79 Å². The number of thioether (sulfide) groups is 1. The Balaban J connectivity index is 1.89. The van der Waals surface area contributed by atoms with Crippen LogP contribution in [0.4, 0.5) is 0 Å². The first-order valence-electron chi connectivity index (χ1n) is 9.48. The molecule has 3 aromatic carbocycles. The number of benzene rings is 3. The Labute approximate surface area is 187 Å². The van der Waals surface area contributed by atoms with Crippen molar-refractivity contribution < 1.29 is 14.7 Å². The van der Waals surface area contributed by atoms with E-state index < -0.39 is 5.97 Å². The molecule has 7 heteroatoms. The lowest BCUT2D eigenvalue weighted by Crippen LogP contribution is -2.14. The zero-order valence-corrected chi connectivity index (χ0v) is 18.2. The van der Waals surface area contributed by atoms with Gasteiger partial charge in [-0.05, 0) is 53.8 Å². The number of nitrogens with zero attached hydrogens (tertiary/aromatic N) is 2. The van der Waals surface area contributed by atoms with E-state index in [2.05, 4.69) is 8.75 Å². The van der Waals surface area contributed by atoms with Crippen LogP contribution in [0.3, 0.4) is 0 Å². The van der Waals surface area contributed by atoms with Crippen LogP contribution in [0.15, 0.2) is 83.3 Å². The lowest BCUT2D eigenvalue weighted by atomic mass is 9.89. The predicted octanol–water partition coefficient (Wildman–Crippen LogP) is 5.38. The summed E-state index contributed by atoms with van der Waals surface area (Å²) in [6, 6.07) is 21.7. The van der Waals surface area contributed by atoms with E-state index in [0.717, 1.165) is 22.2 Å². The number of carboxylic acid groups (broad SMARTS) is 1. The van der Waals surface area contributed by atoms with Gasteiger partial charge in [-0.2, -0.15) is 8.75 Å². The fourth-order valence-corrected chi connectivity index (χ4v) is 4.29. The third kappa shape index (κ3) is 4.57. The van der Waals surface area contributed by atoms with Crippen LogP contribution in [0.5, 0.6) is 0 Å². The number of carboxylic acids is 1. The van der Waals surface area contributed by atoms with Gasteiger partial charge in [0.2, 0.25) is 0 Å². The van der Waals surface area contributed by atoms with E-state index in [1.54, 1.807) is 42.1 Å². The second-order valence-electron chi connectivity index (χ2n) is 6.85. The highest BCUT2D eigenvalue weighted by Gasteiger charge is 2.24. The molecule has 0 saturated heterocycles. The Kier molecular flexibility index (Phi) is 6.25. The van der Waals surface area contributed by atoms with Crippen molar-refractivity contribution in [2.24, 2.45) is 0 Å². The number of aliphatic carboxylic acids is 1. The molecule has 0 aliphatic rings. The molecule has 1 N–H and O–H groups in total. The molecule has 0 bridgehead atoms. The molecule has 0 saturated carbocycles. The van der Waals surface area contributed by atoms with Gasteiger partial charge in [0, 0.05) is 22.5 Å². The molecular weight excluding hydrogens is 428 g/mol. The molecule has 4 rings (SSSR count). The number of hydrogen-bond donors (Lipinski definition) is 1. The molecule has 1 heterocycles. The first-order valence-corrected chi connectivity index (χ1v) is 11.4. The summed E-state index contributed by atoms with van der Waals surface area (Å²) in [7, 11) is 0. The molecule has 0 spiro atoms. The maximum Gasteiger partial charge on any atom is 0.336 e. The molecule has 5 nitrogen and oxygen atoms in total. The van der Waals surface area contributed by atoms with Gasteiger partial charge in [-0.25, -0.2) is 4.79 Å².